The summed E-state index contributed by atoms with van der Waals surface area (Å²) in [5.41, 5.74) is 0.488. The molecule has 0 aliphatic heterocycles. The molecule has 1 unspecified atom stereocenters. The van der Waals surface area contributed by atoms with Crippen LogP contribution in [-0.4, -0.2) is 34.2 Å². The van der Waals surface area contributed by atoms with Crippen molar-refractivity contribution in [1.82, 2.24) is 15.1 Å². The fourth-order valence-electron chi connectivity index (χ4n) is 1.50. The second-order valence-electron chi connectivity index (χ2n) is 4.54. The van der Waals surface area contributed by atoms with Gasteiger partial charge in [0, 0.05) is 12.2 Å². The van der Waals surface area contributed by atoms with Gasteiger partial charge in [-0.1, -0.05) is 0 Å². The molecule has 1 atom stereocenters. The number of alkyl halides is 2. The molecule has 1 aliphatic rings. The molecule has 7 heteroatoms. The van der Waals surface area contributed by atoms with E-state index in [4.69, 9.17) is 0 Å². The Labute approximate surface area is 104 Å². The maximum atomic E-state index is 12.3. The SMILES string of the molecule is CC(Nc1cnn(CC(=O)NC2CC2)c1)C(F)F. The van der Waals surface area contributed by atoms with Crippen molar-refractivity contribution >= 4 is 11.6 Å². The number of carbonyl (C=O) groups is 1. The molecule has 2 rings (SSSR count). The number of nitrogens with zero attached hydrogens (tertiary/aromatic N) is 2. The fraction of sp³-hybridized carbons (Fsp3) is 0.636. The lowest BCUT2D eigenvalue weighted by Crippen LogP contribution is -2.29. The number of carbonyl (C=O) groups excluding carboxylic acids is 1. The summed E-state index contributed by atoms with van der Waals surface area (Å²) in [6, 6.07) is -0.632. The Balaban J connectivity index is 1.83. The van der Waals surface area contributed by atoms with E-state index in [1.165, 1.54) is 17.8 Å². The van der Waals surface area contributed by atoms with Crippen LogP contribution < -0.4 is 10.6 Å². The third kappa shape index (κ3) is 3.68. The van der Waals surface area contributed by atoms with Crippen LogP contribution in [0.2, 0.25) is 0 Å². The summed E-state index contributed by atoms with van der Waals surface area (Å²) in [5.74, 6) is -0.103. The molecule has 1 amide bonds. The minimum Gasteiger partial charge on any atom is -0.374 e. The van der Waals surface area contributed by atoms with Crippen LogP contribution in [0.4, 0.5) is 14.5 Å². The van der Waals surface area contributed by atoms with Gasteiger partial charge in [-0.15, -0.1) is 0 Å². The molecule has 2 N–H and O–H groups in total. The van der Waals surface area contributed by atoms with Crippen molar-refractivity contribution in [2.75, 3.05) is 5.32 Å². The molecule has 1 aromatic rings. The van der Waals surface area contributed by atoms with E-state index in [-0.39, 0.29) is 12.5 Å². The molecular formula is C11H16F2N4O. The highest BCUT2D eigenvalue weighted by Crippen LogP contribution is 2.18. The van der Waals surface area contributed by atoms with Gasteiger partial charge in [-0.25, -0.2) is 8.78 Å². The molecule has 1 fully saturated rings. The van der Waals surface area contributed by atoms with E-state index >= 15 is 0 Å². The lowest BCUT2D eigenvalue weighted by Gasteiger charge is -2.11. The number of amides is 1. The van der Waals surface area contributed by atoms with Gasteiger partial charge in [-0.3, -0.25) is 9.48 Å². The smallest absolute Gasteiger partial charge is 0.258 e. The molecule has 0 bridgehead atoms. The van der Waals surface area contributed by atoms with Gasteiger partial charge in [-0.2, -0.15) is 5.10 Å². The van der Waals surface area contributed by atoms with Crippen LogP contribution in [0.3, 0.4) is 0 Å². The van der Waals surface area contributed by atoms with E-state index in [9.17, 15) is 13.6 Å². The van der Waals surface area contributed by atoms with E-state index in [0.717, 1.165) is 12.8 Å². The molecule has 0 aromatic carbocycles. The number of rotatable bonds is 6. The molecule has 0 saturated heterocycles. The van der Waals surface area contributed by atoms with E-state index in [2.05, 4.69) is 15.7 Å². The molecule has 18 heavy (non-hydrogen) atoms. The minimum absolute atomic E-state index is 0.103. The largest absolute Gasteiger partial charge is 0.374 e. The highest BCUT2D eigenvalue weighted by Gasteiger charge is 2.23. The van der Waals surface area contributed by atoms with E-state index in [0.29, 0.717) is 11.7 Å². The van der Waals surface area contributed by atoms with E-state index < -0.39 is 12.5 Å². The second kappa shape index (κ2) is 5.32. The molecule has 1 heterocycles. The highest BCUT2D eigenvalue weighted by molar-refractivity contribution is 5.76. The van der Waals surface area contributed by atoms with Gasteiger partial charge in [0.05, 0.1) is 17.9 Å². The number of hydrogen-bond acceptors (Lipinski definition) is 3. The Kier molecular flexibility index (Phi) is 3.78. The molecule has 0 spiro atoms. The van der Waals surface area contributed by atoms with Gasteiger partial charge in [0.1, 0.15) is 6.54 Å². The second-order valence-corrected chi connectivity index (χ2v) is 4.54. The van der Waals surface area contributed by atoms with Crippen molar-refractivity contribution in [3.8, 4) is 0 Å². The Morgan fingerprint density at radius 2 is 2.33 bits per heavy atom. The number of aromatic nitrogens is 2. The fourth-order valence-corrected chi connectivity index (χ4v) is 1.50. The number of nitrogens with one attached hydrogen (secondary N) is 2. The maximum absolute atomic E-state index is 12.3. The van der Waals surface area contributed by atoms with Crippen LogP contribution in [-0.2, 0) is 11.3 Å². The van der Waals surface area contributed by atoms with Gasteiger partial charge in [-0.05, 0) is 19.8 Å². The van der Waals surface area contributed by atoms with Crippen molar-refractivity contribution in [3.05, 3.63) is 12.4 Å². The lowest BCUT2D eigenvalue weighted by atomic mass is 10.3. The predicted molar refractivity (Wildman–Crippen MR) is 62.5 cm³/mol. The summed E-state index contributed by atoms with van der Waals surface area (Å²) in [5, 5.41) is 9.40. The van der Waals surface area contributed by atoms with E-state index in [1.807, 2.05) is 0 Å². The minimum atomic E-state index is -2.44. The maximum Gasteiger partial charge on any atom is 0.258 e. The topological polar surface area (TPSA) is 59.0 Å². The Morgan fingerprint density at radius 3 is 2.94 bits per heavy atom. The quantitative estimate of drug-likeness (QED) is 0.806. The van der Waals surface area contributed by atoms with Gasteiger partial charge in [0.15, 0.2) is 0 Å². The van der Waals surface area contributed by atoms with Crippen LogP contribution in [0, 0.1) is 0 Å². The monoisotopic (exact) mass is 258 g/mol. The van der Waals surface area contributed by atoms with Crippen LogP contribution in [0.5, 0.6) is 0 Å². The van der Waals surface area contributed by atoms with Gasteiger partial charge < -0.3 is 10.6 Å². The van der Waals surface area contributed by atoms with Crippen LogP contribution in [0.15, 0.2) is 12.4 Å². The zero-order chi connectivity index (χ0) is 13.1. The van der Waals surface area contributed by atoms with Crippen molar-refractivity contribution in [3.63, 3.8) is 0 Å². The molecule has 1 aromatic heterocycles. The van der Waals surface area contributed by atoms with Gasteiger partial charge >= 0.3 is 0 Å². The normalized spacial score (nSPS) is 16.7. The summed E-state index contributed by atoms with van der Waals surface area (Å²) in [6.45, 7) is 1.50. The first-order chi connectivity index (χ1) is 8.54. The first-order valence-electron chi connectivity index (χ1n) is 5.91. The molecular weight excluding hydrogens is 242 g/mol. The molecule has 1 saturated carbocycles. The number of halogens is 2. The van der Waals surface area contributed by atoms with Crippen molar-refractivity contribution in [1.29, 1.82) is 0 Å². The average Bonchev–Trinajstić information content (AvgIpc) is 2.99. The zero-order valence-electron chi connectivity index (χ0n) is 10.1. The Morgan fingerprint density at radius 1 is 1.61 bits per heavy atom. The first kappa shape index (κ1) is 12.8. The summed E-state index contributed by atoms with van der Waals surface area (Å²) in [6.07, 6.45) is 2.60. The summed E-state index contributed by atoms with van der Waals surface area (Å²) in [7, 11) is 0. The summed E-state index contributed by atoms with van der Waals surface area (Å²) in [4.78, 5) is 11.5. The summed E-state index contributed by atoms with van der Waals surface area (Å²) >= 11 is 0. The Bertz CT molecular complexity index is 417. The molecule has 5 nitrogen and oxygen atoms in total. The summed E-state index contributed by atoms with van der Waals surface area (Å²) < 4.78 is 26.1. The average molecular weight is 258 g/mol. The van der Waals surface area contributed by atoms with Crippen molar-refractivity contribution < 1.29 is 13.6 Å². The Hall–Kier alpha value is -1.66. The van der Waals surface area contributed by atoms with Crippen molar-refractivity contribution in [2.24, 2.45) is 0 Å². The standard InChI is InChI=1S/C11H16F2N4O/c1-7(11(12)13)15-9-4-14-17(5-9)6-10(18)16-8-2-3-8/h4-5,7-8,11,15H,2-3,6H2,1H3,(H,16,18). The van der Waals surface area contributed by atoms with Crippen LogP contribution in [0.25, 0.3) is 0 Å². The first-order valence-corrected chi connectivity index (χ1v) is 5.91. The van der Waals surface area contributed by atoms with E-state index in [1.54, 1.807) is 6.20 Å². The number of hydrogen-bond donors (Lipinski definition) is 2. The van der Waals surface area contributed by atoms with Crippen LogP contribution >= 0.6 is 0 Å². The van der Waals surface area contributed by atoms with Crippen molar-refractivity contribution in [2.45, 2.75) is 44.8 Å². The predicted octanol–water partition coefficient (Wildman–Crippen LogP) is 1.23. The van der Waals surface area contributed by atoms with Gasteiger partial charge in [0.2, 0.25) is 5.91 Å². The lowest BCUT2D eigenvalue weighted by molar-refractivity contribution is -0.122. The third-order valence-corrected chi connectivity index (χ3v) is 2.65. The highest BCUT2D eigenvalue weighted by atomic mass is 19.3. The van der Waals surface area contributed by atoms with Gasteiger partial charge in [0.25, 0.3) is 6.43 Å². The zero-order valence-corrected chi connectivity index (χ0v) is 10.1. The third-order valence-electron chi connectivity index (χ3n) is 2.65. The van der Waals surface area contributed by atoms with Crippen LogP contribution in [0.1, 0.15) is 19.8 Å². The molecule has 100 valence electrons. The number of anilines is 1. The molecule has 0 radical (unpaired) electrons. The molecule has 1 aliphatic carbocycles.